The molecule has 0 radical (unpaired) electrons. The van der Waals surface area contributed by atoms with E-state index in [2.05, 4.69) is 9.11 Å². The maximum Gasteiger partial charge on any atom is 0.387 e. The van der Waals surface area contributed by atoms with Gasteiger partial charge >= 0.3 is 6.61 Å². The first-order valence-corrected chi connectivity index (χ1v) is 6.98. The van der Waals surface area contributed by atoms with Crippen LogP contribution in [0, 0.1) is 0 Å². The Balaban J connectivity index is 2.50. The molecule has 0 atom stereocenters. The van der Waals surface area contributed by atoms with Crippen molar-refractivity contribution in [3.63, 3.8) is 0 Å². The number of carbonyl (C=O) groups excluding carboxylic acids is 1. The Bertz CT molecular complexity index is 633. The minimum Gasteiger partial charge on any atom is -0.434 e. The van der Waals surface area contributed by atoms with E-state index in [1.54, 1.807) is 19.1 Å². The lowest BCUT2D eigenvalue weighted by Gasteiger charge is -2.19. The third-order valence-electron chi connectivity index (χ3n) is 2.80. The first-order valence-electron chi connectivity index (χ1n) is 6.21. The largest absolute Gasteiger partial charge is 0.434 e. The molecule has 0 N–H and O–H groups in total. The van der Waals surface area contributed by atoms with Gasteiger partial charge < -0.3 is 9.47 Å². The van der Waals surface area contributed by atoms with Gasteiger partial charge in [0.15, 0.2) is 5.82 Å². The quantitative estimate of drug-likeness (QED) is 0.822. The summed E-state index contributed by atoms with van der Waals surface area (Å²) in [5.74, 6) is 0.0322. The van der Waals surface area contributed by atoms with Gasteiger partial charge in [-0.3, -0.25) is 9.69 Å². The Hall–Kier alpha value is -1.80. The van der Waals surface area contributed by atoms with E-state index < -0.39 is 6.61 Å². The number of amides is 1. The van der Waals surface area contributed by atoms with Crippen molar-refractivity contribution in [2.24, 2.45) is 0 Å². The number of carbonyl (C=O) groups is 1. The fourth-order valence-electron chi connectivity index (χ4n) is 1.97. The van der Waals surface area contributed by atoms with Crippen LogP contribution in [0.25, 0.3) is 10.1 Å². The molecule has 0 fully saturated rings. The van der Waals surface area contributed by atoms with Crippen molar-refractivity contribution < 1.29 is 23.0 Å². The number of halogens is 2. The second-order valence-corrected chi connectivity index (χ2v) is 4.89. The first-order chi connectivity index (χ1) is 10.1. The number of aromatic nitrogens is 1. The number of hydrogen-bond donors (Lipinski definition) is 0. The molecule has 114 valence electrons. The van der Waals surface area contributed by atoms with Crippen LogP contribution in [0.2, 0.25) is 0 Å². The second kappa shape index (κ2) is 6.77. The van der Waals surface area contributed by atoms with E-state index in [0.717, 1.165) is 11.5 Å². The fraction of sp³-hybridized carbons (Fsp3) is 0.385. The Kier molecular flexibility index (Phi) is 5.03. The van der Waals surface area contributed by atoms with E-state index in [9.17, 15) is 13.6 Å². The zero-order valence-electron chi connectivity index (χ0n) is 11.5. The van der Waals surface area contributed by atoms with Crippen molar-refractivity contribution >= 4 is 33.3 Å². The predicted molar refractivity (Wildman–Crippen MR) is 76.2 cm³/mol. The SMILES string of the molecule is CCN(C(=O)COC)c1nsc2cccc(OC(F)F)c12. The number of rotatable bonds is 6. The summed E-state index contributed by atoms with van der Waals surface area (Å²) in [6.07, 6.45) is 0. The third kappa shape index (κ3) is 3.27. The van der Waals surface area contributed by atoms with E-state index in [1.165, 1.54) is 18.1 Å². The Morgan fingerprint density at radius 1 is 1.48 bits per heavy atom. The molecule has 1 heterocycles. The van der Waals surface area contributed by atoms with Gasteiger partial charge in [0.25, 0.3) is 5.91 Å². The number of methoxy groups -OCH3 is 1. The lowest BCUT2D eigenvalue weighted by molar-refractivity contribution is -0.122. The van der Waals surface area contributed by atoms with E-state index in [4.69, 9.17) is 4.74 Å². The van der Waals surface area contributed by atoms with Gasteiger partial charge in [-0.05, 0) is 30.6 Å². The molecular weight excluding hydrogens is 302 g/mol. The summed E-state index contributed by atoms with van der Waals surface area (Å²) in [6.45, 7) is -0.919. The van der Waals surface area contributed by atoms with Crippen LogP contribution in [0.15, 0.2) is 18.2 Å². The Morgan fingerprint density at radius 2 is 2.24 bits per heavy atom. The molecule has 2 rings (SSSR count). The highest BCUT2D eigenvalue weighted by molar-refractivity contribution is 7.13. The van der Waals surface area contributed by atoms with Crippen LogP contribution >= 0.6 is 11.5 Å². The molecule has 21 heavy (non-hydrogen) atoms. The molecule has 0 saturated carbocycles. The lowest BCUT2D eigenvalue weighted by atomic mass is 10.2. The van der Waals surface area contributed by atoms with Crippen molar-refractivity contribution in [3.8, 4) is 5.75 Å². The molecule has 1 aromatic carbocycles. The van der Waals surface area contributed by atoms with Gasteiger partial charge in [0.1, 0.15) is 12.4 Å². The van der Waals surface area contributed by atoms with Gasteiger partial charge in [-0.15, -0.1) is 0 Å². The molecule has 2 aromatic rings. The molecule has 0 spiro atoms. The zero-order chi connectivity index (χ0) is 15.4. The van der Waals surface area contributed by atoms with Gasteiger partial charge in [-0.25, -0.2) is 0 Å². The monoisotopic (exact) mass is 316 g/mol. The molecule has 1 aromatic heterocycles. The Labute approximate surface area is 124 Å². The molecule has 0 unspecified atom stereocenters. The highest BCUT2D eigenvalue weighted by atomic mass is 32.1. The third-order valence-corrected chi connectivity index (χ3v) is 3.60. The number of likely N-dealkylation sites (N-methyl/N-ethyl adjacent to an activating group) is 1. The van der Waals surface area contributed by atoms with Crippen LogP contribution in [0.5, 0.6) is 5.75 Å². The van der Waals surface area contributed by atoms with Gasteiger partial charge in [0, 0.05) is 13.7 Å². The number of nitrogens with zero attached hydrogens (tertiary/aromatic N) is 2. The number of benzene rings is 1. The van der Waals surface area contributed by atoms with Crippen LogP contribution in [0.4, 0.5) is 14.6 Å². The average molecular weight is 316 g/mol. The predicted octanol–water partition coefficient (Wildman–Crippen LogP) is 2.90. The summed E-state index contributed by atoms with van der Waals surface area (Å²) >= 11 is 1.12. The van der Waals surface area contributed by atoms with Crippen LogP contribution in [-0.2, 0) is 9.53 Å². The van der Waals surface area contributed by atoms with Crippen molar-refractivity contribution in [2.75, 3.05) is 25.2 Å². The number of ether oxygens (including phenoxy) is 2. The number of hydrogen-bond acceptors (Lipinski definition) is 5. The van der Waals surface area contributed by atoms with Crippen LogP contribution in [-0.4, -0.2) is 37.2 Å². The highest BCUT2D eigenvalue weighted by Crippen LogP contribution is 2.37. The first kappa shape index (κ1) is 15.6. The molecular formula is C13H14F2N2O3S. The second-order valence-electron chi connectivity index (χ2n) is 4.08. The molecule has 8 heteroatoms. The van der Waals surface area contributed by atoms with Crippen LogP contribution < -0.4 is 9.64 Å². The summed E-state index contributed by atoms with van der Waals surface area (Å²) in [7, 11) is 1.41. The van der Waals surface area contributed by atoms with Gasteiger partial charge in [0.05, 0.1) is 10.1 Å². The van der Waals surface area contributed by atoms with Gasteiger partial charge in [-0.1, -0.05) is 6.07 Å². The Morgan fingerprint density at radius 3 is 2.86 bits per heavy atom. The summed E-state index contributed by atoms with van der Waals surface area (Å²) in [5, 5.41) is 0.411. The minimum atomic E-state index is -2.94. The average Bonchev–Trinajstić information content (AvgIpc) is 2.84. The summed E-state index contributed by atoms with van der Waals surface area (Å²) in [4.78, 5) is 13.4. The molecule has 1 amide bonds. The van der Waals surface area contributed by atoms with Crippen LogP contribution in [0.1, 0.15) is 6.92 Å². The molecule has 0 aliphatic carbocycles. The fourth-order valence-corrected chi connectivity index (χ4v) is 2.77. The maximum atomic E-state index is 12.5. The topological polar surface area (TPSA) is 51.7 Å². The van der Waals surface area contributed by atoms with E-state index in [0.29, 0.717) is 22.4 Å². The summed E-state index contributed by atoms with van der Waals surface area (Å²) < 4.78 is 39.2. The number of alkyl halides is 2. The van der Waals surface area contributed by atoms with E-state index >= 15 is 0 Å². The lowest BCUT2D eigenvalue weighted by Crippen LogP contribution is -2.33. The summed E-state index contributed by atoms with van der Waals surface area (Å²) in [6, 6.07) is 4.78. The maximum absolute atomic E-state index is 12.5. The molecule has 0 aliphatic rings. The normalized spacial score (nSPS) is 11.1. The number of fused-ring (bicyclic) bond motifs is 1. The van der Waals surface area contributed by atoms with Crippen molar-refractivity contribution in [1.82, 2.24) is 4.37 Å². The highest BCUT2D eigenvalue weighted by Gasteiger charge is 2.22. The van der Waals surface area contributed by atoms with E-state index in [-0.39, 0.29) is 18.3 Å². The zero-order valence-corrected chi connectivity index (χ0v) is 12.3. The molecule has 5 nitrogen and oxygen atoms in total. The standard InChI is InChI=1S/C13H14F2N2O3S/c1-3-17(10(18)7-19-2)12-11-8(20-13(14)15)5-4-6-9(11)21-16-12/h4-6,13H,3,7H2,1-2H3. The van der Waals surface area contributed by atoms with Crippen molar-refractivity contribution in [2.45, 2.75) is 13.5 Å². The number of anilines is 1. The van der Waals surface area contributed by atoms with Crippen molar-refractivity contribution in [3.05, 3.63) is 18.2 Å². The van der Waals surface area contributed by atoms with E-state index in [1.807, 2.05) is 0 Å². The molecule has 0 aliphatic heterocycles. The summed E-state index contributed by atoms with van der Waals surface area (Å²) in [5.41, 5.74) is 0. The van der Waals surface area contributed by atoms with Crippen molar-refractivity contribution in [1.29, 1.82) is 0 Å². The van der Waals surface area contributed by atoms with Crippen LogP contribution in [0.3, 0.4) is 0 Å². The molecule has 0 bridgehead atoms. The molecule has 0 saturated heterocycles. The minimum absolute atomic E-state index is 0.00918. The van der Waals surface area contributed by atoms with Gasteiger partial charge in [-0.2, -0.15) is 13.2 Å². The smallest absolute Gasteiger partial charge is 0.387 e. The van der Waals surface area contributed by atoms with Gasteiger partial charge in [0.2, 0.25) is 0 Å².